The molecule has 3 heteroatoms. The summed E-state index contributed by atoms with van der Waals surface area (Å²) in [6, 6.07) is 0.424. The first-order chi connectivity index (χ1) is 8.54. The Balaban J connectivity index is 2.04. The molecule has 0 spiro atoms. The summed E-state index contributed by atoms with van der Waals surface area (Å²) >= 11 is 0. The van der Waals surface area contributed by atoms with E-state index < -0.39 is 0 Å². The first kappa shape index (κ1) is 14.3. The van der Waals surface area contributed by atoms with Crippen molar-refractivity contribution >= 4 is 0 Å². The quantitative estimate of drug-likeness (QED) is 0.601. The fraction of sp³-hybridized carbons (Fsp3) is 1.00. The topological polar surface area (TPSA) is 47.3 Å². The molecule has 18 heavy (non-hydrogen) atoms. The Morgan fingerprint density at radius 2 is 1.61 bits per heavy atom. The molecule has 1 saturated heterocycles. The van der Waals surface area contributed by atoms with E-state index in [1.807, 2.05) is 0 Å². The molecular weight excluding hydrogens is 224 g/mol. The smallest absolute Gasteiger partial charge is 0.0597 e. The van der Waals surface area contributed by atoms with Gasteiger partial charge in [0.15, 0.2) is 0 Å². The highest BCUT2D eigenvalue weighted by molar-refractivity contribution is 4.94. The van der Waals surface area contributed by atoms with Crippen molar-refractivity contribution in [1.29, 1.82) is 0 Å². The van der Waals surface area contributed by atoms with Crippen molar-refractivity contribution in [2.45, 2.75) is 71.6 Å². The van der Waals surface area contributed by atoms with E-state index in [1.54, 1.807) is 0 Å². The molecule has 5 atom stereocenters. The molecule has 1 heterocycles. The number of ether oxygens (including phenoxy) is 1. The third-order valence-corrected chi connectivity index (χ3v) is 5.49. The lowest BCUT2D eigenvalue weighted by atomic mass is 9.71. The molecule has 3 nitrogen and oxygen atoms in total. The molecule has 0 aromatic carbocycles. The van der Waals surface area contributed by atoms with Crippen LogP contribution in [-0.4, -0.2) is 18.2 Å². The van der Waals surface area contributed by atoms with E-state index in [1.165, 1.54) is 25.7 Å². The number of rotatable bonds is 3. The van der Waals surface area contributed by atoms with Crippen LogP contribution in [0.1, 0.15) is 53.4 Å². The summed E-state index contributed by atoms with van der Waals surface area (Å²) in [5, 5.41) is 0. The third-order valence-electron chi connectivity index (χ3n) is 5.49. The van der Waals surface area contributed by atoms with Gasteiger partial charge in [0.25, 0.3) is 0 Å². The van der Waals surface area contributed by atoms with Gasteiger partial charge >= 0.3 is 0 Å². The van der Waals surface area contributed by atoms with Crippen molar-refractivity contribution in [3.63, 3.8) is 0 Å². The maximum absolute atomic E-state index is 5.99. The molecule has 2 rings (SSSR count). The fourth-order valence-electron chi connectivity index (χ4n) is 4.12. The number of hydrazine groups is 1. The zero-order chi connectivity index (χ0) is 13.3. The van der Waals surface area contributed by atoms with E-state index in [-0.39, 0.29) is 0 Å². The molecule has 1 aliphatic heterocycles. The molecule has 1 aliphatic carbocycles. The zero-order valence-corrected chi connectivity index (χ0v) is 12.4. The van der Waals surface area contributed by atoms with Gasteiger partial charge in [0.2, 0.25) is 0 Å². The number of hydrogen-bond acceptors (Lipinski definition) is 3. The molecule has 0 bridgehead atoms. The average molecular weight is 254 g/mol. The molecule has 3 N–H and O–H groups in total. The summed E-state index contributed by atoms with van der Waals surface area (Å²) in [6.07, 6.45) is 6.04. The lowest BCUT2D eigenvalue weighted by Gasteiger charge is -2.38. The fourth-order valence-corrected chi connectivity index (χ4v) is 4.12. The van der Waals surface area contributed by atoms with Gasteiger partial charge in [-0.25, -0.2) is 0 Å². The Morgan fingerprint density at radius 1 is 1.00 bits per heavy atom. The van der Waals surface area contributed by atoms with Crippen LogP contribution in [0.3, 0.4) is 0 Å². The lowest BCUT2D eigenvalue weighted by Crippen LogP contribution is -2.50. The highest BCUT2D eigenvalue weighted by Gasteiger charge is 2.44. The Bertz CT molecular complexity index is 263. The maximum atomic E-state index is 5.99. The lowest BCUT2D eigenvalue weighted by molar-refractivity contribution is 0.0420. The average Bonchev–Trinajstić information content (AvgIpc) is 2.59. The van der Waals surface area contributed by atoms with E-state index in [9.17, 15) is 0 Å². The van der Waals surface area contributed by atoms with Crippen molar-refractivity contribution in [2.24, 2.45) is 29.5 Å². The summed E-state index contributed by atoms with van der Waals surface area (Å²) in [6.45, 7) is 9.08. The van der Waals surface area contributed by atoms with Crippen molar-refractivity contribution in [2.75, 3.05) is 0 Å². The molecule has 106 valence electrons. The van der Waals surface area contributed by atoms with Crippen molar-refractivity contribution in [3.05, 3.63) is 0 Å². The summed E-state index contributed by atoms with van der Waals surface area (Å²) in [5.41, 5.74) is 3.13. The number of nitrogens with two attached hydrogens (primary N) is 1. The van der Waals surface area contributed by atoms with Gasteiger partial charge in [-0.1, -0.05) is 26.7 Å². The Morgan fingerprint density at radius 3 is 2.06 bits per heavy atom. The molecular formula is C15H30N2O. The number of hydrogen-bond donors (Lipinski definition) is 2. The summed E-state index contributed by atoms with van der Waals surface area (Å²) in [5.74, 6) is 8.67. The maximum Gasteiger partial charge on any atom is 0.0597 e. The molecule has 2 fully saturated rings. The number of nitrogens with one attached hydrogen (secondary N) is 1. The minimum Gasteiger partial charge on any atom is -0.375 e. The predicted molar refractivity (Wildman–Crippen MR) is 74.9 cm³/mol. The largest absolute Gasteiger partial charge is 0.375 e. The van der Waals surface area contributed by atoms with Crippen LogP contribution in [0.5, 0.6) is 0 Å². The molecule has 0 amide bonds. The van der Waals surface area contributed by atoms with Crippen molar-refractivity contribution in [1.82, 2.24) is 5.43 Å². The summed E-state index contributed by atoms with van der Waals surface area (Å²) in [4.78, 5) is 0. The van der Waals surface area contributed by atoms with Gasteiger partial charge in [-0.15, -0.1) is 0 Å². The van der Waals surface area contributed by atoms with E-state index >= 15 is 0 Å². The first-order valence-corrected chi connectivity index (χ1v) is 7.66. The van der Waals surface area contributed by atoms with Gasteiger partial charge in [-0.2, -0.15) is 0 Å². The SMILES string of the molecule is CC1CCC(C(NN)C2C(C)OC(C)C2C)CC1. The standard InChI is InChI=1S/C15H30N2O/c1-9-5-7-13(8-6-9)15(17-16)14-10(2)11(3)18-12(14)4/h9-15,17H,5-8,16H2,1-4H3. The molecule has 1 saturated carbocycles. The minimum absolute atomic E-state index is 0.329. The Kier molecular flexibility index (Phi) is 4.68. The summed E-state index contributed by atoms with van der Waals surface area (Å²) in [7, 11) is 0. The molecule has 5 unspecified atom stereocenters. The van der Waals surface area contributed by atoms with E-state index in [0.717, 1.165) is 11.8 Å². The van der Waals surface area contributed by atoms with Gasteiger partial charge in [-0.05, 0) is 44.4 Å². The van der Waals surface area contributed by atoms with Gasteiger partial charge in [0.1, 0.15) is 0 Å². The molecule has 0 aromatic heterocycles. The van der Waals surface area contributed by atoms with Crippen LogP contribution in [-0.2, 0) is 4.74 Å². The monoisotopic (exact) mass is 254 g/mol. The minimum atomic E-state index is 0.329. The predicted octanol–water partition coefficient (Wildman–Crippen LogP) is 2.70. The Hall–Kier alpha value is -0.120. The van der Waals surface area contributed by atoms with Crippen LogP contribution in [0.4, 0.5) is 0 Å². The van der Waals surface area contributed by atoms with Crippen LogP contribution in [0.15, 0.2) is 0 Å². The molecule has 0 radical (unpaired) electrons. The van der Waals surface area contributed by atoms with Crippen molar-refractivity contribution in [3.8, 4) is 0 Å². The second-order valence-corrected chi connectivity index (χ2v) is 6.70. The van der Waals surface area contributed by atoms with E-state index in [0.29, 0.717) is 30.1 Å². The van der Waals surface area contributed by atoms with Crippen molar-refractivity contribution < 1.29 is 4.74 Å². The van der Waals surface area contributed by atoms with Crippen LogP contribution in [0, 0.1) is 23.7 Å². The normalized spacial score (nSPS) is 47.2. The third kappa shape index (κ3) is 2.73. The van der Waals surface area contributed by atoms with E-state index in [2.05, 4.69) is 33.1 Å². The Labute approximate surface area is 112 Å². The first-order valence-electron chi connectivity index (χ1n) is 7.66. The van der Waals surface area contributed by atoms with Crippen LogP contribution in [0.25, 0.3) is 0 Å². The second kappa shape index (κ2) is 5.89. The van der Waals surface area contributed by atoms with Gasteiger partial charge in [-0.3, -0.25) is 11.3 Å². The zero-order valence-electron chi connectivity index (χ0n) is 12.4. The van der Waals surface area contributed by atoms with Gasteiger partial charge < -0.3 is 4.74 Å². The summed E-state index contributed by atoms with van der Waals surface area (Å²) < 4.78 is 5.99. The van der Waals surface area contributed by atoms with Crippen LogP contribution < -0.4 is 11.3 Å². The van der Waals surface area contributed by atoms with Gasteiger partial charge in [0.05, 0.1) is 12.2 Å². The highest BCUT2D eigenvalue weighted by Crippen LogP contribution is 2.40. The van der Waals surface area contributed by atoms with Gasteiger partial charge in [0, 0.05) is 12.0 Å². The van der Waals surface area contributed by atoms with Crippen LogP contribution in [0.2, 0.25) is 0 Å². The second-order valence-electron chi connectivity index (χ2n) is 6.70. The highest BCUT2D eigenvalue weighted by atomic mass is 16.5. The molecule has 0 aromatic rings. The van der Waals surface area contributed by atoms with E-state index in [4.69, 9.17) is 10.6 Å². The van der Waals surface area contributed by atoms with Crippen LogP contribution >= 0.6 is 0 Å². The molecule has 2 aliphatic rings.